The second-order valence-electron chi connectivity index (χ2n) is 1.99. The summed E-state index contributed by atoms with van der Waals surface area (Å²) in [4.78, 5) is 4.74. The Kier molecular flexibility index (Phi) is 1.79. The number of methoxy groups -OCH3 is 1. The third-order valence-corrected chi connectivity index (χ3v) is 2.05. The lowest BCUT2D eigenvalue weighted by Gasteiger charge is -1.94. The molecule has 0 fully saturated rings. The number of hydrogen-bond acceptors (Lipinski definition) is 5. The van der Waals surface area contributed by atoms with Crippen LogP contribution in [-0.4, -0.2) is 16.5 Å². The Morgan fingerprint density at radius 2 is 2.58 bits per heavy atom. The lowest BCUT2D eigenvalue weighted by molar-refractivity contribution is 0.414. The Balaban J connectivity index is 2.46. The Bertz CT molecular complexity index is 355. The van der Waals surface area contributed by atoms with Gasteiger partial charge in [-0.1, -0.05) is 0 Å². The summed E-state index contributed by atoms with van der Waals surface area (Å²) in [6.07, 6.45) is 5.78. The van der Waals surface area contributed by atoms with Gasteiger partial charge in [-0.2, -0.15) is 4.37 Å². The maximum atomic E-state index is 5.08. The molecular formula is C7H5N2O2S. The van der Waals surface area contributed by atoms with E-state index in [-0.39, 0.29) is 0 Å². The fourth-order valence-electron chi connectivity index (χ4n) is 0.812. The van der Waals surface area contributed by atoms with Gasteiger partial charge in [-0.15, -0.1) is 0 Å². The molecule has 0 bridgehead atoms. The molecule has 2 aromatic heterocycles. The second-order valence-corrected chi connectivity index (χ2v) is 2.77. The normalized spacial score (nSPS) is 10.1. The molecule has 0 aliphatic rings. The number of ether oxygens (including phenoxy) is 1. The van der Waals surface area contributed by atoms with Crippen molar-refractivity contribution in [1.82, 2.24) is 9.36 Å². The van der Waals surface area contributed by atoms with Crippen LogP contribution in [0.3, 0.4) is 0 Å². The van der Waals surface area contributed by atoms with Crippen LogP contribution in [0.1, 0.15) is 0 Å². The van der Waals surface area contributed by atoms with Crippen molar-refractivity contribution in [2.75, 3.05) is 7.11 Å². The number of aromatic nitrogens is 2. The molecule has 0 unspecified atom stereocenters. The average molecular weight is 181 g/mol. The summed E-state index contributed by atoms with van der Waals surface area (Å²) in [5.74, 6) is 1.09. The van der Waals surface area contributed by atoms with Crippen molar-refractivity contribution in [1.29, 1.82) is 0 Å². The fraction of sp³-hybridized carbons (Fsp3) is 0.143. The van der Waals surface area contributed by atoms with Crippen molar-refractivity contribution in [3.63, 3.8) is 0 Å². The second kappa shape index (κ2) is 2.94. The molecule has 0 atom stereocenters. The topological polar surface area (TPSA) is 48.2 Å². The molecule has 0 saturated heterocycles. The molecule has 0 aliphatic carbocycles. The Morgan fingerprint density at radius 3 is 3.25 bits per heavy atom. The summed E-state index contributed by atoms with van der Waals surface area (Å²) in [6, 6.07) is 0. The highest BCUT2D eigenvalue weighted by Crippen LogP contribution is 2.31. The molecule has 5 heteroatoms. The van der Waals surface area contributed by atoms with Crippen molar-refractivity contribution >= 4 is 11.5 Å². The largest absolute Gasteiger partial charge is 0.493 e. The molecular weight excluding hydrogens is 176 g/mol. The maximum absolute atomic E-state index is 5.08. The fourth-order valence-corrected chi connectivity index (χ4v) is 1.42. The third kappa shape index (κ3) is 1.08. The Hall–Kier alpha value is -1.36. The van der Waals surface area contributed by atoms with Crippen LogP contribution in [0.25, 0.3) is 10.8 Å². The van der Waals surface area contributed by atoms with Gasteiger partial charge in [-0.3, -0.25) is 0 Å². The van der Waals surface area contributed by atoms with Gasteiger partial charge in [0.25, 0.3) is 0 Å². The van der Waals surface area contributed by atoms with Gasteiger partial charge in [0.05, 0.1) is 13.3 Å². The van der Waals surface area contributed by atoms with Gasteiger partial charge in [0.15, 0.2) is 16.8 Å². The third-order valence-electron chi connectivity index (χ3n) is 1.32. The SMILES string of the molecule is COc1[c]nsc1-c1ncco1. The van der Waals surface area contributed by atoms with Crippen molar-refractivity contribution in [3.05, 3.63) is 18.7 Å². The lowest BCUT2D eigenvalue weighted by Crippen LogP contribution is -1.81. The van der Waals surface area contributed by atoms with Crippen LogP contribution >= 0.6 is 11.5 Å². The van der Waals surface area contributed by atoms with Crippen LogP contribution in [0, 0.1) is 6.20 Å². The summed E-state index contributed by atoms with van der Waals surface area (Å²) in [5, 5.41) is 0. The van der Waals surface area contributed by atoms with Crippen LogP contribution < -0.4 is 4.74 Å². The van der Waals surface area contributed by atoms with E-state index in [9.17, 15) is 0 Å². The van der Waals surface area contributed by atoms with Crippen LogP contribution in [0.2, 0.25) is 0 Å². The van der Waals surface area contributed by atoms with Crippen LogP contribution in [0.5, 0.6) is 5.75 Å². The van der Waals surface area contributed by atoms with E-state index in [4.69, 9.17) is 9.15 Å². The standard InChI is InChI=1S/C7H5N2O2S/c1-10-5-4-9-12-6(5)7-8-2-3-11-7/h2-3H,1H3. The number of rotatable bonds is 2. The Labute approximate surface area is 73.0 Å². The van der Waals surface area contributed by atoms with E-state index in [1.54, 1.807) is 13.3 Å². The first-order valence-electron chi connectivity index (χ1n) is 3.23. The highest BCUT2D eigenvalue weighted by Gasteiger charge is 2.12. The molecule has 0 amide bonds. The van der Waals surface area contributed by atoms with E-state index < -0.39 is 0 Å². The van der Waals surface area contributed by atoms with Gasteiger partial charge in [-0.25, -0.2) is 4.98 Å². The monoisotopic (exact) mass is 181 g/mol. The molecule has 0 aliphatic heterocycles. The van der Waals surface area contributed by atoms with Gasteiger partial charge in [0.2, 0.25) is 5.89 Å². The van der Waals surface area contributed by atoms with E-state index in [0.717, 1.165) is 4.88 Å². The van der Waals surface area contributed by atoms with Gasteiger partial charge in [0, 0.05) is 0 Å². The first-order valence-corrected chi connectivity index (χ1v) is 4.00. The summed E-state index contributed by atoms with van der Waals surface area (Å²) in [7, 11) is 1.56. The minimum absolute atomic E-state index is 0.519. The van der Waals surface area contributed by atoms with Crippen molar-refractivity contribution in [3.8, 4) is 16.5 Å². The van der Waals surface area contributed by atoms with E-state index in [0.29, 0.717) is 11.6 Å². The number of hydrogen-bond donors (Lipinski definition) is 0. The first kappa shape index (κ1) is 7.30. The maximum Gasteiger partial charge on any atom is 0.241 e. The predicted octanol–water partition coefficient (Wildman–Crippen LogP) is 1.61. The highest BCUT2D eigenvalue weighted by atomic mass is 32.1. The molecule has 2 rings (SSSR count). The minimum atomic E-state index is 0.519. The molecule has 0 aromatic carbocycles. The quantitative estimate of drug-likeness (QED) is 0.706. The molecule has 2 aromatic rings. The summed E-state index contributed by atoms with van der Waals surface area (Å²) in [5.41, 5.74) is 0. The number of nitrogens with zero attached hydrogens (tertiary/aromatic N) is 2. The number of oxazole rings is 1. The molecule has 0 spiro atoms. The van der Waals surface area contributed by atoms with Gasteiger partial charge in [0.1, 0.15) is 6.26 Å². The molecule has 0 saturated carbocycles. The summed E-state index contributed by atoms with van der Waals surface area (Å²) in [6.45, 7) is 0. The van der Waals surface area contributed by atoms with Crippen molar-refractivity contribution in [2.24, 2.45) is 0 Å². The lowest BCUT2D eigenvalue weighted by atomic mass is 10.4. The van der Waals surface area contributed by atoms with Crippen LogP contribution in [-0.2, 0) is 0 Å². The molecule has 1 radical (unpaired) electrons. The zero-order valence-electron chi connectivity index (χ0n) is 6.27. The van der Waals surface area contributed by atoms with Crippen molar-refractivity contribution < 1.29 is 9.15 Å². The van der Waals surface area contributed by atoms with Gasteiger partial charge in [-0.05, 0) is 11.5 Å². The molecule has 4 nitrogen and oxygen atoms in total. The van der Waals surface area contributed by atoms with E-state index in [1.807, 2.05) is 0 Å². The van der Waals surface area contributed by atoms with Crippen LogP contribution in [0.4, 0.5) is 0 Å². The highest BCUT2D eigenvalue weighted by molar-refractivity contribution is 7.09. The van der Waals surface area contributed by atoms with Gasteiger partial charge >= 0.3 is 0 Å². The molecule has 12 heavy (non-hydrogen) atoms. The Morgan fingerprint density at radius 1 is 1.67 bits per heavy atom. The average Bonchev–Trinajstić information content (AvgIpc) is 2.74. The van der Waals surface area contributed by atoms with E-state index in [1.165, 1.54) is 17.8 Å². The molecule has 2 heterocycles. The predicted molar refractivity (Wildman–Crippen MR) is 43.0 cm³/mol. The minimum Gasteiger partial charge on any atom is -0.493 e. The van der Waals surface area contributed by atoms with Gasteiger partial charge < -0.3 is 9.15 Å². The van der Waals surface area contributed by atoms with E-state index >= 15 is 0 Å². The summed E-state index contributed by atoms with van der Waals surface area (Å²) < 4.78 is 13.9. The summed E-state index contributed by atoms with van der Waals surface area (Å²) >= 11 is 1.25. The van der Waals surface area contributed by atoms with Crippen LogP contribution in [0.15, 0.2) is 16.9 Å². The van der Waals surface area contributed by atoms with E-state index in [2.05, 4.69) is 15.6 Å². The smallest absolute Gasteiger partial charge is 0.241 e. The van der Waals surface area contributed by atoms with Crippen molar-refractivity contribution in [2.45, 2.75) is 0 Å². The first-order chi connectivity index (χ1) is 5.92. The zero-order valence-corrected chi connectivity index (χ0v) is 7.09. The zero-order chi connectivity index (χ0) is 8.39. The molecule has 0 N–H and O–H groups in total. The molecule has 61 valence electrons.